The summed E-state index contributed by atoms with van der Waals surface area (Å²) in [6.45, 7) is 4.56. The van der Waals surface area contributed by atoms with Crippen LogP contribution in [-0.4, -0.2) is 57.3 Å². The number of aliphatic hydroxyl groups excluding tert-OH is 1. The number of aryl methyl sites for hydroxylation is 1. The summed E-state index contributed by atoms with van der Waals surface area (Å²) in [6, 6.07) is 6.09. The van der Waals surface area contributed by atoms with Gasteiger partial charge in [-0.1, -0.05) is 17.7 Å². The van der Waals surface area contributed by atoms with Crippen molar-refractivity contribution in [1.82, 2.24) is 0 Å². The Morgan fingerprint density at radius 3 is 2.28 bits per heavy atom. The molecule has 0 radical (unpaired) electrons. The number of carbonyl (C=O) groups is 1. The summed E-state index contributed by atoms with van der Waals surface area (Å²) < 4.78 is 46.0. The zero-order chi connectivity index (χ0) is 18.8. The third-order valence-electron chi connectivity index (χ3n) is 3.87. The minimum Gasteiger partial charge on any atom is -0.454 e. The molecule has 0 aromatic heterocycles. The van der Waals surface area contributed by atoms with Crippen LogP contribution in [0.5, 0.6) is 0 Å². The van der Waals surface area contributed by atoms with Crippen LogP contribution in [0.1, 0.15) is 19.4 Å². The van der Waals surface area contributed by atoms with E-state index in [4.69, 9.17) is 18.4 Å². The van der Waals surface area contributed by atoms with Gasteiger partial charge in [-0.15, -0.1) is 0 Å². The van der Waals surface area contributed by atoms with Gasteiger partial charge in [0, 0.05) is 14.0 Å². The van der Waals surface area contributed by atoms with Crippen molar-refractivity contribution in [3.05, 3.63) is 29.8 Å². The third-order valence-corrected chi connectivity index (χ3v) is 5.19. The fourth-order valence-electron chi connectivity index (χ4n) is 2.65. The maximum absolute atomic E-state index is 12.6. The number of benzene rings is 1. The Morgan fingerprint density at radius 2 is 1.76 bits per heavy atom. The Balaban J connectivity index is 2.35. The molecule has 0 bridgehead atoms. The molecule has 0 aliphatic carbocycles. The van der Waals surface area contributed by atoms with Gasteiger partial charge in [0.15, 0.2) is 12.4 Å². The molecule has 1 aromatic carbocycles. The summed E-state index contributed by atoms with van der Waals surface area (Å²) >= 11 is 0. The number of carbonyl (C=O) groups excluding carboxylic acids is 1. The van der Waals surface area contributed by atoms with E-state index in [1.165, 1.54) is 19.2 Å². The summed E-state index contributed by atoms with van der Waals surface area (Å²) in [6.07, 6.45) is -5.70. The van der Waals surface area contributed by atoms with Crippen LogP contribution in [0.3, 0.4) is 0 Å². The quantitative estimate of drug-likeness (QED) is 0.594. The molecule has 0 spiro atoms. The first-order chi connectivity index (χ1) is 11.7. The van der Waals surface area contributed by atoms with Gasteiger partial charge >= 0.3 is 5.97 Å². The first-order valence-corrected chi connectivity index (χ1v) is 9.10. The molecule has 1 saturated heterocycles. The molecule has 9 heteroatoms. The number of rotatable bonds is 5. The zero-order valence-electron chi connectivity index (χ0n) is 14.4. The van der Waals surface area contributed by atoms with Crippen molar-refractivity contribution in [2.75, 3.05) is 7.11 Å². The minimum absolute atomic E-state index is 0.0526. The lowest BCUT2D eigenvalue weighted by Crippen LogP contribution is -2.60. The molecule has 1 aliphatic heterocycles. The number of aliphatic hydroxyl groups is 1. The van der Waals surface area contributed by atoms with Crippen LogP contribution in [0.2, 0.25) is 0 Å². The van der Waals surface area contributed by atoms with Crippen molar-refractivity contribution < 1.29 is 36.7 Å². The van der Waals surface area contributed by atoms with E-state index in [1.807, 2.05) is 6.92 Å². The second kappa shape index (κ2) is 7.79. The second-order valence-electron chi connectivity index (χ2n) is 5.83. The monoisotopic (exact) mass is 374 g/mol. The van der Waals surface area contributed by atoms with Gasteiger partial charge < -0.3 is 19.3 Å². The van der Waals surface area contributed by atoms with E-state index in [2.05, 4.69) is 0 Å². The van der Waals surface area contributed by atoms with E-state index >= 15 is 0 Å². The predicted molar refractivity (Wildman–Crippen MR) is 86.1 cm³/mol. The Kier molecular flexibility index (Phi) is 6.17. The molecule has 1 heterocycles. The van der Waals surface area contributed by atoms with Crippen molar-refractivity contribution in [1.29, 1.82) is 0 Å². The summed E-state index contributed by atoms with van der Waals surface area (Å²) in [7, 11) is -2.82. The van der Waals surface area contributed by atoms with Gasteiger partial charge in [-0.2, -0.15) is 8.42 Å². The number of ether oxygens (including phenoxy) is 3. The van der Waals surface area contributed by atoms with E-state index in [-0.39, 0.29) is 4.90 Å². The molecule has 1 aliphatic rings. The van der Waals surface area contributed by atoms with Gasteiger partial charge in [-0.3, -0.25) is 8.98 Å². The van der Waals surface area contributed by atoms with Crippen molar-refractivity contribution in [3.63, 3.8) is 0 Å². The fraction of sp³-hybridized carbons (Fsp3) is 0.562. The lowest BCUT2D eigenvalue weighted by molar-refractivity contribution is -0.280. The van der Waals surface area contributed by atoms with Gasteiger partial charge in [0.25, 0.3) is 10.1 Å². The van der Waals surface area contributed by atoms with E-state index in [9.17, 15) is 18.3 Å². The molecule has 0 unspecified atom stereocenters. The van der Waals surface area contributed by atoms with Crippen LogP contribution in [0, 0.1) is 6.92 Å². The van der Waals surface area contributed by atoms with Crippen molar-refractivity contribution in [2.45, 2.75) is 56.4 Å². The molecule has 0 saturated carbocycles. The van der Waals surface area contributed by atoms with Crippen LogP contribution >= 0.6 is 0 Å². The van der Waals surface area contributed by atoms with Gasteiger partial charge in [0.05, 0.1) is 11.0 Å². The van der Waals surface area contributed by atoms with Crippen LogP contribution in [0.25, 0.3) is 0 Å². The Labute approximate surface area is 146 Å². The Hall–Kier alpha value is -1.52. The van der Waals surface area contributed by atoms with Crippen molar-refractivity contribution >= 4 is 16.1 Å². The molecular formula is C16H22O8S. The average Bonchev–Trinajstić information content (AvgIpc) is 2.51. The van der Waals surface area contributed by atoms with Crippen LogP contribution in [-0.2, 0) is 33.3 Å². The number of methoxy groups -OCH3 is 1. The molecule has 140 valence electrons. The molecule has 1 aromatic rings. The summed E-state index contributed by atoms with van der Waals surface area (Å²) in [4.78, 5) is 11.3. The molecule has 1 fully saturated rings. The fourth-order valence-corrected chi connectivity index (χ4v) is 3.74. The molecule has 8 nitrogen and oxygen atoms in total. The lowest BCUT2D eigenvalue weighted by Gasteiger charge is -2.41. The van der Waals surface area contributed by atoms with E-state index in [1.54, 1.807) is 19.1 Å². The highest BCUT2D eigenvalue weighted by molar-refractivity contribution is 7.86. The normalized spacial score (nSPS) is 30.0. The smallest absolute Gasteiger partial charge is 0.303 e. The van der Waals surface area contributed by atoms with E-state index < -0.39 is 46.8 Å². The second-order valence-corrected chi connectivity index (χ2v) is 7.41. The van der Waals surface area contributed by atoms with Gasteiger partial charge in [-0.05, 0) is 26.0 Å². The highest BCUT2D eigenvalue weighted by Gasteiger charge is 2.49. The van der Waals surface area contributed by atoms with E-state index in [0.29, 0.717) is 0 Å². The van der Waals surface area contributed by atoms with Crippen molar-refractivity contribution in [2.24, 2.45) is 0 Å². The molecule has 25 heavy (non-hydrogen) atoms. The largest absolute Gasteiger partial charge is 0.454 e. The van der Waals surface area contributed by atoms with Gasteiger partial charge in [0.1, 0.15) is 12.2 Å². The first kappa shape index (κ1) is 19.8. The van der Waals surface area contributed by atoms with Crippen LogP contribution in [0.15, 0.2) is 29.2 Å². The van der Waals surface area contributed by atoms with Gasteiger partial charge in [0.2, 0.25) is 0 Å². The predicted octanol–water partition coefficient (Wildman–Crippen LogP) is 0.753. The average molecular weight is 374 g/mol. The lowest BCUT2D eigenvalue weighted by atomic mass is 9.99. The van der Waals surface area contributed by atoms with Crippen LogP contribution < -0.4 is 0 Å². The maximum Gasteiger partial charge on any atom is 0.303 e. The molecule has 2 rings (SSSR count). The molecule has 0 amide bonds. The zero-order valence-corrected chi connectivity index (χ0v) is 15.2. The standard InChI is InChI=1S/C16H22O8S/c1-9-5-7-12(8-6-9)25(19,20)24-14-13(21-4)10(2)22-16(18)15(14)23-11(3)17/h5-8,10,13-16,18H,1-4H3/t10-,13+,14+,15-,16+/m1/s1. The van der Waals surface area contributed by atoms with Gasteiger partial charge in [-0.25, -0.2) is 0 Å². The van der Waals surface area contributed by atoms with E-state index in [0.717, 1.165) is 12.5 Å². The molecule has 1 N–H and O–H groups in total. The summed E-state index contributed by atoms with van der Waals surface area (Å²) in [5.74, 6) is -0.710. The number of hydrogen-bond acceptors (Lipinski definition) is 8. The SMILES string of the molecule is CO[C@@H]1[C@H](OS(=O)(=O)c2ccc(C)cc2)[C@@H](OC(C)=O)[C@@H](O)O[C@@H]1C. The molecular weight excluding hydrogens is 352 g/mol. The highest BCUT2D eigenvalue weighted by Crippen LogP contribution is 2.29. The van der Waals surface area contributed by atoms with Crippen molar-refractivity contribution in [3.8, 4) is 0 Å². The number of hydrogen-bond donors (Lipinski definition) is 1. The first-order valence-electron chi connectivity index (χ1n) is 7.69. The summed E-state index contributed by atoms with van der Waals surface area (Å²) in [5.41, 5.74) is 0.890. The minimum atomic E-state index is -4.17. The Morgan fingerprint density at radius 1 is 1.16 bits per heavy atom. The summed E-state index contributed by atoms with van der Waals surface area (Å²) in [5, 5.41) is 10.0. The highest BCUT2D eigenvalue weighted by atomic mass is 32.2. The topological polar surface area (TPSA) is 108 Å². The Bertz CT molecular complexity index is 699. The third kappa shape index (κ3) is 4.56. The van der Waals surface area contributed by atoms with Crippen LogP contribution in [0.4, 0.5) is 0 Å². The number of esters is 1. The molecule has 5 atom stereocenters. The maximum atomic E-state index is 12.6.